The molecule has 2 heterocycles. The van der Waals surface area contributed by atoms with E-state index in [1.165, 1.54) is 12.1 Å². The summed E-state index contributed by atoms with van der Waals surface area (Å²) in [7, 11) is 0. The fraction of sp³-hybridized carbons (Fsp3) is 0.304. The van der Waals surface area contributed by atoms with E-state index in [1.54, 1.807) is 17.0 Å². The van der Waals surface area contributed by atoms with Crippen molar-refractivity contribution in [1.82, 2.24) is 14.7 Å². The van der Waals surface area contributed by atoms with Crippen LogP contribution in [0.2, 0.25) is 0 Å². The molecule has 0 N–H and O–H groups in total. The number of carbonyl (C=O) groups is 1. The van der Waals surface area contributed by atoms with Crippen molar-refractivity contribution in [3.63, 3.8) is 0 Å². The van der Waals surface area contributed by atoms with Gasteiger partial charge in [0.1, 0.15) is 23.9 Å². The lowest BCUT2D eigenvalue weighted by Crippen LogP contribution is -2.39. The summed E-state index contributed by atoms with van der Waals surface area (Å²) < 4.78 is 21.7. The van der Waals surface area contributed by atoms with Gasteiger partial charge >= 0.3 is 0 Å². The Bertz CT molecular complexity index is 970. The van der Waals surface area contributed by atoms with Crippen LogP contribution in [0.25, 0.3) is 0 Å². The first-order valence-corrected chi connectivity index (χ1v) is 9.90. The van der Waals surface area contributed by atoms with Gasteiger partial charge in [0.15, 0.2) is 0 Å². The molecule has 0 atom stereocenters. The van der Waals surface area contributed by atoms with Gasteiger partial charge in [0.25, 0.3) is 5.91 Å². The summed E-state index contributed by atoms with van der Waals surface area (Å²) in [6, 6.07) is 15.7. The van der Waals surface area contributed by atoms with Crippen LogP contribution in [0.3, 0.4) is 0 Å². The summed E-state index contributed by atoms with van der Waals surface area (Å²) in [5, 5.41) is 4.63. The summed E-state index contributed by atoms with van der Waals surface area (Å²) in [4.78, 5) is 14.4. The summed E-state index contributed by atoms with van der Waals surface area (Å²) in [5.41, 5.74) is 2.94. The Hall–Kier alpha value is -3.15. The molecule has 5 nitrogen and oxygen atoms in total. The van der Waals surface area contributed by atoms with E-state index in [9.17, 15) is 9.18 Å². The first-order valence-electron chi connectivity index (χ1n) is 9.90. The topological polar surface area (TPSA) is 47.4 Å². The zero-order valence-electron chi connectivity index (χ0n) is 17.1. The zero-order valence-corrected chi connectivity index (χ0v) is 17.1. The lowest BCUT2D eigenvalue weighted by atomic mass is 10.1. The van der Waals surface area contributed by atoms with E-state index in [-0.39, 0.29) is 11.5 Å². The second-order valence-corrected chi connectivity index (χ2v) is 6.55. The van der Waals surface area contributed by atoms with Gasteiger partial charge in [-0.1, -0.05) is 44.2 Å². The molecule has 1 aromatic heterocycles. The Balaban J connectivity index is 0.00000117. The largest absolute Gasteiger partial charge is 0.487 e. The molecule has 1 amide bonds. The highest BCUT2D eigenvalue weighted by Gasteiger charge is 2.27. The molecule has 4 rings (SSSR count). The first kappa shape index (κ1) is 20.6. The molecule has 6 heteroatoms. The molecule has 29 heavy (non-hydrogen) atoms. The predicted octanol–water partition coefficient (Wildman–Crippen LogP) is 4.59. The van der Waals surface area contributed by atoms with Gasteiger partial charge in [-0.25, -0.2) is 4.39 Å². The average molecular weight is 395 g/mol. The van der Waals surface area contributed by atoms with Crippen LogP contribution in [-0.2, 0) is 19.7 Å². The number of para-hydroxylation sites is 1. The lowest BCUT2D eigenvalue weighted by Gasteiger charge is -2.28. The van der Waals surface area contributed by atoms with Crippen molar-refractivity contribution in [2.24, 2.45) is 0 Å². The van der Waals surface area contributed by atoms with Crippen LogP contribution in [-0.4, -0.2) is 27.1 Å². The Morgan fingerprint density at radius 1 is 1.07 bits per heavy atom. The minimum Gasteiger partial charge on any atom is -0.487 e. The lowest BCUT2D eigenvalue weighted by molar-refractivity contribution is 0.0701. The van der Waals surface area contributed by atoms with Gasteiger partial charge in [-0.15, -0.1) is 0 Å². The standard InChI is InChI=1S/C21H20FN3O2.C2H6/c1-15-19(14-27-16-7-3-2-4-8-16)23-25-12-11-24(13-20(15)25)21(26)17-9-5-6-10-18(17)22;1-2/h2-10H,11-14H2,1H3;1-2H3. The fourth-order valence-electron chi connectivity index (χ4n) is 3.29. The Morgan fingerprint density at radius 2 is 1.76 bits per heavy atom. The zero-order chi connectivity index (χ0) is 20.8. The van der Waals surface area contributed by atoms with Crippen LogP contribution in [0.1, 0.15) is 41.2 Å². The molecule has 1 aliphatic rings. The molecule has 0 saturated carbocycles. The third-order valence-corrected chi connectivity index (χ3v) is 4.85. The highest BCUT2D eigenvalue weighted by molar-refractivity contribution is 5.94. The Kier molecular flexibility index (Phi) is 6.65. The van der Waals surface area contributed by atoms with E-state index in [0.717, 1.165) is 22.7 Å². The van der Waals surface area contributed by atoms with E-state index in [4.69, 9.17) is 4.74 Å². The molecule has 3 aromatic rings. The maximum absolute atomic E-state index is 14.0. The normalized spacial score (nSPS) is 12.6. The highest BCUT2D eigenvalue weighted by atomic mass is 19.1. The number of hydrogen-bond acceptors (Lipinski definition) is 3. The van der Waals surface area contributed by atoms with Gasteiger partial charge in [-0.05, 0) is 36.8 Å². The molecular weight excluding hydrogens is 369 g/mol. The van der Waals surface area contributed by atoms with Crippen molar-refractivity contribution in [3.8, 4) is 5.75 Å². The number of halogens is 1. The van der Waals surface area contributed by atoms with Gasteiger partial charge in [0, 0.05) is 6.54 Å². The summed E-state index contributed by atoms with van der Waals surface area (Å²) in [6.07, 6.45) is 0. The summed E-state index contributed by atoms with van der Waals surface area (Å²) in [6.45, 7) is 7.86. The number of fused-ring (bicyclic) bond motifs is 1. The number of ether oxygens (including phenoxy) is 1. The molecule has 0 fully saturated rings. The Morgan fingerprint density at radius 3 is 2.48 bits per heavy atom. The minimum absolute atomic E-state index is 0.107. The molecular formula is C23H26FN3O2. The fourth-order valence-corrected chi connectivity index (χ4v) is 3.29. The van der Waals surface area contributed by atoms with Crippen molar-refractivity contribution in [2.75, 3.05) is 6.54 Å². The maximum Gasteiger partial charge on any atom is 0.257 e. The van der Waals surface area contributed by atoms with E-state index < -0.39 is 5.82 Å². The second-order valence-electron chi connectivity index (χ2n) is 6.55. The van der Waals surface area contributed by atoms with Gasteiger partial charge in [0.05, 0.1) is 24.3 Å². The van der Waals surface area contributed by atoms with E-state index in [1.807, 2.05) is 55.8 Å². The van der Waals surface area contributed by atoms with Gasteiger partial charge in [0.2, 0.25) is 0 Å². The molecule has 0 unspecified atom stereocenters. The Labute approximate surface area is 170 Å². The van der Waals surface area contributed by atoms with Gasteiger partial charge in [-0.2, -0.15) is 5.10 Å². The SMILES string of the molecule is CC.Cc1c(COc2ccccc2)nn2c1CN(C(=O)c1ccccc1F)CC2. The molecule has 0 radical (unpaired) electrons. The number of aromatic nitrogens is 2. The van der Waals surface area contributed by atoms with E-state index in [2.05, 4.69) is 5.10 Å². The van der Waals surface area contributed by atoms with Crippen molar-refractivity contribution in [1.29, 1.82) is 0 Å². The molecule has 2 aromatic carbocycles. The van der Waals surface area contributed by atoms with Gasteiger partial charge < -0.3 is 9.64 Å². The molecule has 1 aliphatic heterocycles. The second kappa shape index (κ2) is 9.37. The van der Waals surface area contributed by atoms with Crippen molar-refractivity contribution in [2.45, 2.75) is 40.5 Å². The van der Waals surface area contributed by atoms with Crippen LogP contribution in [0.4, 0.5) is 4.39 Å². The maximum atomic E-state index is 14.0. The number of amides is 1. The van der Waals surface area contributed by atoms with Crippen molar-refractivity contribution in [3.05, 3.63) is 82.9 Å². The van der Waals surface area contributed by atoms with E-state index >= 15 is 0 Å². The van der Waals surface area contributed by atoms with Crippen LogP contribution in [0.15, 0.2) is 54.6 Å². The molecule has 0 saturated heterocycles. The first-order chi connectivity index (χ1) is 14.1. The van der Waals surface area contributed by atoms with Crippen LogP contribution >= 0.6 is 0 Å². The molecule has 0 spiro atoms. The summed E-state index contributed by atoms with van der Waals surface area (Å²) in [5.74, 6) is 0.0107. The third-order valence-electron chi connectivity index (χ3n) is 4.85. The highest BCUT2D eigenvalue weighted by Crippen LogP contribution is 2.23. The number of carbonyl (C=O) groups excluding carboxylic acids is 1. The molecule has 0 aliphatic carbocycles. The smallest absolute Gasteiger partial charge is 0.257 e. The number of hydrogen-bond donors (Lipinski definition) is 0. The minimum atomic E-state index is -0.491. The molecule has 152 valence electrons. The quantitative estimate of drug-likeness (QED) is 0.649. The van der Waals surface area contributed by atoms with Crippen LogP contribution in [0, 0.1) is 12.7 Å². The number of benzene rings is 2. The van der Waals surface area contributed by atoms with Crippen LogP contribution < -0.4 is 4.74 Å². The monoisotopic (exact) mass is 395 g/mol. The van der Waals surface area contributed by atoms with E-state index in [0.29, 0.717) is 26.2 Å². The average Bonchev–Trinajstić information content (AvgIpc) is 3.09. The predicted molar refractivity (Wildman–Crippen MR) is 110 cm³/mol. The van der Waals surface area contributed by atoms with Crippen LogP contribution in [0.5, 0.6) is 5.75 Å². The summed E-state index contributed by atoms with van der Waals surface area (Å²) >= 11 is 0. The number of nitrogens with zero attached hydrogens (tertiary/aromatic N) is 3. The number of rotatable bonds is 4. The van der Waals surface area contributed by atoms with Gasteiger partial charge in [-0.3, -0.25) is 9.48 Å². The van der Waals surface area contributed by atoms with Crippen molar-refractivity contribution < 1.29 is 13.9 Å². The third kappa shape index (κ3) is 4.47. The molecule has 0 bridgehead atoms. The van der Waals surface area contributed by atoms with Crippen molar-refractivity contribution >= 4 is 5.91 Å².